The highest BCUT2D eigenvalue weighted by molar-refractivity contribution is 6.04. The lowest BCUT2D eigenvalue weighted by Gasteiger charge is -2.06. The van der Waals surface area contributed by atoms with E-state index in [1.54, 1.807) is 12.2 Å². The fourth-order valence-corrected chi connectivity index (χ4v) is 3.85. The van der Waals surface area contributed by atoms with Gasteiger partial charge in [0, 0.05) is 24.0 Å². The molecule has 1 N–H and O–H groups in total. The molecular formula is C29H23N3O. The van der Waals surface area contributed by atoms with Crippen LogP contribution in [0, 0.1) is 6.92 Å². The number of amides is 1. The third-order valence-corrected chi connectivity index (χ3v) is 5.46. The highest BCUT2D eigenvalue weighted by atomic mass is 16.1. The van der Waals surface area contributed by atoms with Crippen molar-refractivity contribution >= 4 is 23.3 Å². The molecule has 0 fully saturated rings. The van der Waals surface area contributed by atoms with Gasteiger partial charge in [0.25, 0.3) is 0 Å². The third kappa shape index (κ3) is 4.60. The Hall–Kier alpha value is -4.44. The normalized spacial score (nSPS) is 11.2. The molecule has 2 heterocycles. The van der Waals surface area contributed by atoms with Crippen LogP contribution in [0.1, 0.15) is 11.1 Å². The van der Waals surface area contributed by atoms with Gasteiger partial charge in [-0.2, -0.15) is 0 Å². The van der Waals surface area contributed by atoms with Crippen molar-refractivity contribution in [2.75, 3.05) is 5.32 Å². The van der Waals surface area contributed by atoms with Crippen LogP contribution in [0.3, 0.4) is 0 Å². The van der Waals surface area contributed by atoms with E-state index in [-0.39, 0.29) is 5.91 Å². The molecule has 0 atom stereocenters. The third-order valence-electron chi connectivity index (χ3n) is 5.46. The van der Waals surface area contributed by atoms with Crippen molar-refractivity contribution in [1.29, 1.82) is 0 Å². The minimum atomic E-state index is -0.192. The van der Waals surface area contributed by atoms with Crippen LogP contribution in [0.15, 0.2) is 109 Å². The average molecular weight is 430 g/mol. The number of rotatable bonds is 5. The zero-order valence-electron chi connectivity index (χ0n) is 18.3. The predicted molar refractivity (Wildman–Crippen MR) is 135 cm³/mol. The molecule has 0 radical (unpaired) electrons. The van der Waals surface area contributed by atoms with Crippen molar-refractivity contribution in [3.63, 3.8) is 0 Å². The quantitative estimate of drug-likeness (QED) is 0.319. The molecule has 0 aliphatic heterocycles. The van der Waals surface area contributed by atoms with Crippen molar-refractivity contribution < 1.29 is 4.79 Å². The van der Waals surface area contributed by atoms with E-state index in [1.807, 2.05) is 78.3 Å². The summed E-state index contributed by atoms with van der Waals surface area (Å²) in [5.74, 6) is -0.192. The minimum absolute atomic E-state index is 0.192. The lowest BCUT2D eigenvalue weighted by Crippen LogP contribution is -2.09. The topological polar surface area (TPSA) is 46.4 Å². The van der Waals surface area contributed by atoms with Gasteiger partial charge in [-0.1, -0.05) is 84.9 Å². The van der Waals surface area contributed by atoms with Crippen molar-refractivity contribution in [2.45, 2.75) is 6.92 Å². The highest BCUT2D eigenvalue weighted by Crippen LogP contribution is 2.27. The Morgan fingerprint density at radius 2 is 1.45 bits per heavy atom. The number of fused-ring (bicyclic) bond motifs is 1. The van der Waals surface area contributed by atoms with Crippen LogP contribution in [0.2, 0.25) is 0 Å². The summed E-state index contributed by atoms with van der Waals surface area (Å²) in [5.41, 5.74) is 7.64. The zero-order chi connectivity index (χ0) is 22.6. The Bertz CT molecular complexity index is 1430. The Balaban J connectivity index is 1.42. The maximum Gasteiger partial charge on any atom is 0.248 e. The predicted octanol–water partition coefficient (Wildman–Crippen LogP) is 6.63. The number of benzene rings is 3. The maximum absolute atomic E-state index is 12.6. The minimum Gasteiger partial charge on any atom is -0.319 e. The van der Waals surface area contributed by atoms with Crippen LogP contribution < -0.4 is 5.32 Å². The summed E-state index contributed by atoms with van der Waals surface area (Å²) in [6.07, 6.45) is 7.35. The number of carbonyl (C=O) groups excluding carboxylic acids is 1. The van der Waals surface area contributed by atoms with E-state index in [9.17, 15) is 4.79 Å². The number of nitrogens with zero attached hydrogens (tertiary/aromatic N) is 2. The summed E-state index contributed by atoms with van der Waals surface area (Å²) in [5, 5.41) is 2.98. The lowest BCUT2D eigenvalue weighted by molar-refractivity contribution is -0.111. The maximum atomic E-state index is 12.6. The number of aromatic nitrogens is 2. The van der Waals surface area contributed by atoms with E-state index >= 15 is 0 Å². The van der Waals surface area contributed by atoms with E-state index in [0.29, 0.717) is 11.3 Å². The average Bonchev–Trinajstić information content (AvgIpc) is 3.28. The molecule has 0 aliphatic carbocycles. The Morgan fingerprint density at radius 1 is 0.818 bits per heavy atom. The van der Waals surface area contributed by atoms with Gasteiger partial charge >= 0.3 is 0 Å². The second-order valence-corrected chi connectivity index (χ2v) is 7.96. The van der Waals surface area contributed by atoms with Gasteiger partial charge in [-0.25, -0.2) is 4.98 Å². The molecule has 5 rings (SSSR count). The summed E-state index contributed by atoms with van der Waals surface area (Å²) >= 11 is 0. The van der Waals surface area contributed by atoms with Crippen LogP contribution in [0.4, 0.5) is 5.69 Å². The molecule has 0 unspecified atom stereocenters. The van der Waals surface area contributed by atoms with Gasteiger partial charge in [0.1, 0.15) is 0 Å². The number of hydrogen-bond acceptors (Lipinski definition) is 2. The van der Waals surface area contributed by atoms with Crippen molar-refractivity contribution in [3.8, 4) is 22.4 Å². The SMILES string of the molecule is Cc1cc(NC(=O)/C=C/c2ccccc2)c2nc(-c3ccc(-c4ccccc4)cc3)cn2c1. The van der Waals surface area contributed by atoms with E-state index in [1.165, 1.54) is 5.56 Å². The summed E-state index contributed by atoms with van der Waals surface area (Å²) in [6.45, 7) is 2.00. The summed E-state index contributed by atoms with van der Waals surface area (Å²) in [4.78, 5) is 17.4. The molecule has 160 valence electrons. The van der Waals surface area contributed by atoms with Crippen molar-refractivity contribution in [3.05, 3.63) is 121 Å². The van der Waals surface area contributed by atoms with Crippen LogP contribution in [-0.2, 0) is 4.79 Å². The smallest absolute Gasteiger partial charge is 0.248 e. The summed E-state index contributed by atoms with van der Waals surface area (Å²) in [6, 6.07) is 30.4. The Labute approximate surface area is 192 Å². The van der Waals surface area contributed by atoms with E-state index in [4.69, 9.17) is 4.98 Å². The van der Waals surface area contributed by atoms with E-state index < -0.39 is 0 Å². The molecular weight excluding hydrogens is 406 g/mol. The molecule has 0 saturated heterocycles. The first-order valence-corrected chi connectivity index (χ1v) is 10.8. The largest absolute Gasteiger partial charge is 0.319 e. The monoisotopic (exact) mass is 429 g/mol. The van der Waals surface area contributed by atoms with E-state index in [2.05, 4.69) is 41.7 Å². The second-order valence-electron chi connectivity index (χ2n) is 7.96. The number of hydrogen-bond donors (Lipinski definition) is 1. The Morgan fingerprint density at radius 3 is 2.18 bits per heavy atom. The first kappa shape index (κ1) is 20.5. The number of carbonyl (C=O) groups is 1. The lowest BCUT2D eigenvalue weighted by atomic mass is 10.0. The molecule has 0 spiro atoms. The van der Waals surface area contributed by atoms with Crippen LogP contribution in [-0.4, -0.2) is 15.3 Å². The molecule has 0 saturated carbocycles. The fourth-order valence-electron chi connectivity index (χ4n) is 3.85. The molecule has 0 bridgehead atoms. The standard InChI is InChI=1S/C29H23N3O/c1-21-18-26(30-28(33)17-12-22-8-4-2-5-9-22)29-31-27(20-32(29)19-21)25-15-13-24(14-16-25)23-10-6-3-7-11-23/h2-20H,1H3,(H,30,33)/b17-12+. The molecule has 3 aromatic carbocycles. The summed E-state index contributed by atoms with van der Waals surface area (Å²) in [7, 11) is 0. The fraction of sp³-hybridized carbons (Fsp3) is 0.0345. The van der Waals surface area contributed by atoms with Gasteiger partial charge in [0.05, 0.1) is 11.4 Å². The first-order chi connectivity index (χ1) is 16.2. The molecule has 4 heteroatoms. The van der Waals surface area contributed by atoms with Gasteiger partial charge < -0.3 is 9.72 Å². The molecule has 4 nitrogen and oxygen atoms in total. The molecule has 1 amide bonds. The van der Waals surface area contributed by atoms with Crippen LogP contribution in [0.5, 0.6) is 0 Å². The van der Waals surface area contributed by atoms with Crippen LogP contribution in [0.25, 0.3) is 34.1 Å². The van der Waals surface area contributed by atoms with Crippen LogP contribution >= 0.6 is 0 Å². The van der Waals surface area contributed by atoms with Gasteiger partial charge in [-0.3, -0.25) is 4.79 Å². The summed E-state index contributed by atoms with van der Waals surface area (Å²) < 4.78 is 1.96. The number of pyridine rings is 1. The first-order valence-electron chi connectivity index (χ1n) is 10.8. The second kappa shape index (κ2) is 8.97. The molecule has 33 heavy (non-hydrogen) atoms. The van der Waals surface area contributed by atoms with E-state index in [0.717, 1.165) is 27.9 Å². The molecule has 0 aliphatic rings. The Kier molecular flexibility index (Phi) is 5.56. The molecule has 2 aromatic heterocycles. The van der Waals surface area contributed by atoms with Crippen molar-refractivity contribution in [1.82, 2.24) is 9.38 Å². The van der Waals surface area contributed by atoms with Crippen molar-refractivity contribution in [2.24, 2.45) is 0 Å². The highest BCUT2D eigenvalue weighted by Gasteiger charge is 2.11. The van der Waals surface area contributed by atoms with Gasteiger partial charge in [0.15, 0.2) is 5.65 Å². The van der Waals surface area contributed by atoms with Gasteiger partial charge in [-0.15, -0.1) is 0 Å². The number of imidazole rings is 1. The zero-order valence-corrected chi connectivity index (χ0v) is 18.3. The number of anilines is 1. The number of nitrogens with one attached hydrogen (secondary N) is 1. The van der Waals surface area contributed by atoms with Gasteiger partial charge in [-0.05, 0) is 41.3 Å². The number of aryl methyl sites for hydroxylation is 1. The molecule has 5 aromatic rings. The van der Waals surface area contributed by atoms with Gasteiger partial charge in [0.2, 0.25) is 5.91 Å².